The van der Waals surface area contributed by atoms with Gasteiger partial charge in [0.15, 0.2) is 5.69 Å². The molecule has 3 heterocycles. The highest BCUT2D eigenvalue weighted by atomic mass is 19.4. The molecule has 0 saturated carbocycles. The fourth-order valence-electron chi connectivity index (χ4n) is 2.56. The summed E-state index contributed by atoms with van der Waals surface area (Å²) in [5.74, 6) is -0.650. The van der Waals surface area contributed by atoms with Gasteiger partial charge < -0.3 is 9.88 Å². The van der Waals surface area contributed by atoms with Crippen LogP contribution in [0.1, 0.15) is 33.0 Å². The molecule has 2 N–H and O–H groups in total. The van der Waals surface area contributed by atoms with E-state index in [0.717, 1.165) is 0 Å². The summed E-state index contributed by atoms with van der Waals surface area (Å²) in [5.41, 5.74) is -1.02. The zero-order chi connectivity index (χ0) is 16.8. The highest BCUT2D eigenvalue weighted by Crippen LogP contribution is 2.31. The number of rotatable bonds is 1. The normalized spacial score (nSPS) is 14.7. The molecule has 0 bridgehead atoms. The van der Waals surface area contributed by atoms with Crippen LogP contribution >= 0.6 is 0 Å². The Morgan fingerprint density at radius 1 is 1.39 bits per heavy atom. The Morgan fingerprint density at radius 2 is 2.13 bits per heavy atom. The molecule has 0 saturated heterocycles. The van der Waals surface area contributed by atoms with Crippen molar-refractivity contribution in [2.75, 3.05) is 6.54 Å². The number of amides is 1. The van der Waals surface area contributed by atoms with E-state index in [1.807, 2.05) is 5.10 Å². The number of carbonyl (C=O) groups excluding carboxylic acids is 1. The first-order valence-corrected chi connectivity index (χ1v) is 6.76. The molecule has 2 aromatic heterocycles. The molecule has 0 aromatic carbocycles. The summed E-state index contributed by atoms with van der Waals surface area (Å²) in [6.07, 6.45) is -2.96. The second-order valence-electron chi connectivity index (χ2n) is 5.20. The number of aromatic nitrogens is 4. The van der Waals surface area contributed by atoms with Crippen molar-refractivity contribution in [2.24, 2.45) is 0 Å². The summed E-state index contributed by atoms with van der Waals surface area (Å²) in [5, 5.41) is 5.36. The third-order valence-electron chi connectivity index (χ3n) is 3.79. The van der Waals surface area contributed by atoms with E-state index in [1.165, 1.54) is 18.2 Å². The predicted octanol–water partition coefficient (Wildman–Crippen LogP) is 1.02. The maximum Gasteiger partial charge on any atom is 0.433 e. The molecule has 1 aliphatic rings. The van der Waals surface area contributed by atoms with E-state index in [4.69, 9.17) is 0 Å². The third-order valence-corrected chi connectivity index (χ3v) is 3.79. The number of alkyl halides is 3. The summed E-state index contributed by atoms with van der Waals surface area (Å²) < 4.78 is 38.3. The van der Waals surface area contributed by atoms with Crippen LogP contribution in [0.25, 0.3) is 0 Å². The number of fused-ring (bicyclic) bond motifs is 1. The first kappa shape index (κ1) is 15.3. The highest BCUT2D eigenvalue weighted by Gasteiger charge is 2.38. The zero-order valence-electron chi connectivity index (χ0n) is 12.0. The van der Waals surface area contributed by atoms with Gasteiger partial charge in [-0.1, -0.05) is 0 Å². The molecule has 0 atom stereocenters. The van der Waals surface area contributed by atoms with Gasteiger partial charge in [-0.2, -0.15) is 18.3 Å². The van der Waals surface area contributed by atoms with Gasteiger partial charge in [-0.15, -0.1) is 0 Å². The van der Waals surface area contributed by atoms with Gasteiger partial charge in [-0.25, -0.2) is 4.98 Å². The van der Waals surface area contributed by atoms with Crippen LogP contribution in [-0.2, 0) is 19.1 Å². The molecule has 0 unspecified atom stereocenters. The van der Waals surface area contributed by atoms with E-state index >= 15 is 0 Å². The molecule has 1 amide bonds. The van der Waals surface area contributed by atoms with E-state index in [9.17, 15) is 22.8 Å². The zero-order valence-corrected chi connectivity index (χ0v) is 12.0. The number of H-pyrrole nitrogens is 2. The Labute approximate surface area is 127 Å². The van der Waals surface area contributed by atoms with Crippen molar-refractivity contribution < 1.29 is 18.0 Å². The molecule has 2 aromatic rings. The number of nitrogens with one attached hydrogen (secondary N) is 2. The maximum atomic E-state index is 12.8. The lowest BCUT2D eigenvalue weighted by Gasteiger charge is -2.27. The number of hydrogen-bond donors (Lipinski definition) is 2. The second kappa shape index (κ2) is 5.21. The molecule has 0 radical (unpaired) electrons. The minimum absolute atomic E-state index is 0.00894. The average molecular weight is 327 g/mol. The lowest BCUT2D eigenvalue weighted by molar-refractivity contribution is -0.141. The van der Waals surface area contributed by atoms with Crippen molar-refractivity contribution >= 4 is 5.91 Å². The number of aromatic amines is 2. The molecule has 23 heavy (non-hydrogen) atoms. The fourth-order valence-corrected chi connectivity index (χ4v) is 2.56. The van der Waals surface area contributed by atoms with Gasteiger partial charge in [0.2, 0.25) is 0 Å². The van der Waals surface area contributed by atoms with E-state index in [-0.39, 0.29) is 29.9 Å². The van der Waals surface area contributed by atoms with Crippen molar-refractivity contribution in [1.29, 1.82) is 0 Å². The molecule has 0 fully saturated rings. The summed E-state index contributed by atoms with van der Waals surface area (Å²) in [4.78, 5) is 31.9. The van der Waals surface area contributed by atoms with Gasteiger partial charge in [-0.3, -0.25) is 14.7 Å². The topological polar surface area (TPSA) is 94.7 Å². The first-order valence-electron chi connectivity index (χ1n) is 6.76. The summed E-state index contributed by atoms with van der Waals surface area (Å²) >= 11 is 0. The van der Waals surface area contributed by atoms with E-state index in [0.29, 0.717) is 17.7 Å². The molecule has 0 spiro atoms. The van der Waals surface area contributed by atoms with Crippen LogP contribution in [0.3, 0.4) is 0 Å². The Kier molecular flexibility index (Phi) is 3.46. The van der Waals surface area contributed by atoms with E-state index < -0.39 is 17.8 Å². The predicted molar refractivity (Wildman–Crippen MR) is 71.6 cm³/mol. The van der Waals surface area contributed by atoms with Crippen LogP contribution in [0.15, 0.2) is 11.1 Å². The molecule has 0 aliphatic carbocycles. The highest BCUT2D eigenvalue weighted by molar-refractivity contribution is 5.94. The molecule has 1 aliphatic heterocycles. The van der Waals surface area contributed by atoms with Crippen molar-refractivity contribution in [1.82, 2.24) is 25.1 Å². The van der Waals surface area contributed by atoms with Crippen LogP contribution in [0, 0.1) is 6.92 Å². The molecule has 3 rings (SSSR count). The Bertz CT molecular complexity index is 824. The standard InChI is InChI=1S/C13H12F3N5O2/c1-6-9(19-20-10(6)13(14,15)16)12(23)21-3-2-8-7(4-21)11(22)18-5-17-8/h5H,2-4H2,1H3,(H,19,20)(H,17,18,22). The molecular weight excluding hydrogens is 315 g/mol. The van der Waals surface area contributed by atoms with Gasteiger partial charge in [0.25, 0.3) is 11.5 Å². The van der Waals surface area contributed by atoms with Crippen molar-refractivity contribution in [2.45, 2.75) is 26.1 Å². The molecule has 7 nitrogen and oxygen atoms in total. The van der Waals surface area contributed by atoms with Gasteiger partial charge in [0.05, 0.1) is 24.1 Å². The van der Waals surface area contributed by atoms with E-state index in [2.05, 4.69) is 15.1 Å². The van der Waals surface area contributed by atoms with Crippen LogP contribution in [0.5, 0.6) is 0 Å². The van der Waals surface area contributed by atoms with Gasteiger partial charge in [0, 0.05) is 18.5 Å². The smallest absolute Gasteiger partial charge is 0.332 e. The summed E-state index contributed by atoms with van der Waals surface area (Å²) in [6.45, 7) is 1.44. The van der Waals surface area contributed by atoms with Crippen LogP contribution in [0.4, 0.5) is 13.2 Å². The van der Waals surface area contributed by atoms with Crippen LogP contribution in [0.2, 0.25) is 0 Å². The second-order valence-corrected chi connectivity index (χ2v) is 5.20. The monoisotopic (exact) mass is 327 g/mol. The van der Waals surface area contributed by atoms with Crippen molar-refractivity contribution in [3.8, 4) is 0 Å². The Hall–Kier alpha value is -2.65. The minimum Gasteiger partial charge on any atom is -0.332 e. The Balaban J connectivity index is 1.90. The summed E-state index contributed by atoms with van der Waals surface area (Å²) in [6, 6.07) is 0. The largest absolute Gasteiger partial charge is 0.433 e. The average Bonchev–Trinajstić information content (AvgIpc) is 2.88. The van der Waals surface area contributed by atoms with Crippen molar-refractivity contribution in [3.05, 3.63) is 44.9 Å². The lowest BCUT2D eigenvalue weighted by Crippen LogP contribution is -2.39. The quantitative estimate of drug-likeness (QED) is 0.817. The SMILES string of the molecule is Cc1c(C(=O)N2CCc3nc[nH]c(=O)c3C2)n[nH]c1C(F)(F)F. The Morgan fingerprint density at radius 3 is 2.78 bits per heavy atom. The fraction of sp³-hybridized carbons (Fsp3) is 0.385. The first-order chi connectivity index (χ1) is 10.8. The minimum atomic E-state index is -4.61. The molecule has 122 valence electrons. The summed E-state index contributed by atoms with van der Waals surface area (Å²) in [7, 11) is 0. The molecule has 10 heteroatoms. The van der Waals surface area contributed by atoms with Crippen molar-refractivity contribution in [3.63, 3.8) is 0 Å². The van der Waals surface area contributed by atoms with Crippen LogP contribution < -0.4 is 5.56 Å². The number of carbonyl (C=O) groups is 1. The van der Waals surface area contributed by atoms with Gasteiger partial charge in [0.1, 0.15) is 5.69 Å². The van der Waals surface area contributed by atoms with Gasteiger partial charge >= 0.3 is 6.18 Å². The maximum absolute atomic E-state index is 12.8. The third kappa shape index (κ3) is 2.60. The number of nitrogens with zero attached hydrogens (tertiary/aromatic N) is 3. The number of hydrogen-bond acceptors (Lipinski definition) is 4. The van der Waals surface area contributed by atoms with Gasteiger partial charge in [-0.05, 0) is 6.92 Å². The number of halogens is 3. The van der Waals surface area contributed by atoms with E-state index in [1.54, 1.807) is 0 Å². The molecular formula is C13H12F3N5O2. The van der Waals surface area contributed by atoms with Crippen LogP contribution in [-0.4, -0.2) is 37.5 Å². The lowest BCUT2D eigenvalue weighted by atomic mass is 10.1.